The van der Waals surface area contributed by atoms with Crippen LogP contribution in [0.5, 0.6) is 5.75 Å². The van der Waals surface area contributed by atoms with Gasteiger partial charge in [0.2, 0.25) is 5.69 Å². The number of ether oxygens (including phenoxy) is 1. The molecule has 0 aliphatic rings. The van der Waals surface area contributed by atoms with E-state index in [1.165, 1.54) is 57.8 Å². The van der Waals surface area contributed by atoms with E-state index in [-0.39, 0.29) is 5.91 Å². The highest BCUT2D eigenvalue weighted by molar-refractivity contribution is 6.34. The molecule has 4 nitrogen and oxygen atoms in total. The summed E-state index contributed by atoms with van der Waals surface area (Å²) in [5, 5.41) is 3.37. The number of nitrogens with one attached hydrogen (secondary N) is 1. The monoisotopic (exact) mass is 459 g/mol. The molecular weight excluding hydrogens is 420 g/mol. The highest BCUT2D eigenvalue weighted by Gasteiger charge is 2.14. The molecule has 1 amide bonds. The van der Waals surface area contributed by atoms with E-state index in [0.717, 1.165) is 18.7 Å². The van der Waals surface area contributed by atoms with Crippen molar-refractivity contribution in [2.24, 2.45) is 0 Å². The van der Waals surface area contributed by atoms with Crippen LogP contribution in [0.1, 0.15) is 94.1 Å². The highest BCUT2D eigenvalue weighted by Crippen LogP contribution is 2.23. The second-order valence-electron chi connectivity index (χ2n) is 8.33. The summed E-state index contributed by atoms with van der Waals surface area (Å²) in [6.45, 7) is 6.34. The smallest absolute Gasteiger partial charge is 0.253 e. The van der Waals surface area contributed by atoms with Gasteiger partial charge in [0.15, 0.2) is 6.20 Å². The van der Waals surface area contributed by atoms with Crippen LogP contribution in [-0.4, -0.2) is 12.5 Å². The van der Waals surface area contributed by atoms with Crippen molar-refractivity contribution in [2.75, 3.05) is 6.61 Å². The molecule has 1 aromatic carbocycles. The van der Waals surface area contributed by atoms with Crippen LogP contribution in [0.25, 0.3) is 0 Å². The first-order valence-electron chi connectivity index (χ1n) is 12.3. The number of amides is 1. The summed E-state index contributed by atoms with van der Waals surface area (Å²) in [4.78, 5) is 12.6. The van der Waals surface area contributed by atoms with Gasteiger partial charge in [0.05, 0.1) is 17.2 Å². The standard InChI is InChI=1S/C27H39ClN2O2/c1-3-5-6-7-8-9-10-11-12-15-20-32-24-17-18-25(26(28)21-24)27(31)29-22-23-16-13-14-19-30(23)4-2/h13-14,16-19,21H,3-12,15,20,22H2,1-2H3/p+1. The van der Waals surface area contributed by atoms with E-state index in [4.69, 9.17) is 16.3 Å². The van der Waals surface area contributed by atoms with Crippen LogP contribution < -0.4 is 14.6 Å². The molecular formula is C27H40ClN2O2+. The molecule has 0 saturated heterocycles. The highest BCUT2D eigenvalue weighted by atomic mass is 35.5. The van der Waals surface area contributed by atoms with Crippen molar-refractivity contribution in [1.82, 2.24) is 5.32 Å². The molecule has 1 N–H and O–H groups in total. The van der Waals surface area contributed by atoms with E-state index >= 15 is 0 Å². The predicted molar refractivity (Wildman–Crippen MR) is 132 cm³/mol. The molecule has 0 bridgehead atoms. The molecule has 0 aliphatic carbocycles. The Balaban J connectivity index is 1.65. The molecule has 0 aliphatic heterocycles. The second kappa shape index (κ2) is 15.7. The van der Waals surface area contributed by atoms with Crippen molar-refractivity contribution in [2.45, 2.75) is 91.1 Å². The first-order valence-corrected chi connectivity index (χ1v) is 12.7. The number of rotatable bonds is 16. The fourth-order valence-electron chi connectivity index (χ4n) is 3.80. The minimum absolute atomic E-state index is 0.178. The first kappa shape index (κ1) is 26.2. The van der Waals surface area contributed by atoms with Crippen LogP contribution >= 0.6 is 11.6 Å². The summed E-state index contributed by atoms with van der Waals surface area (Å²) < 4.78 is 7.94. The van der Waals surface area contributed by atoms with Crippen molar-refractivity contribution in [3.8, 4) is 5.75 Å². The van der Waals surface area contributed by atoms with Crippen LogP contribution in [0.3, 0.4) is 0 Å². The van der Waals surface area contributed by atoms with Crippen molar-refractivity contribution in [3.63, 3.8) is 0 Å². The van der Waals surface area contributed by atoms with Gasteiger partial charge in [0.1, 0.15) is 18.8 Å². The number of pyridine rings is 1. The molecule has 0 saturated carbocycles. The van der Waals surface area contributed by atoms with Crippen molar-refractivity contribution < 1.29 is 14.1 Å². The average molecular weight is 460 g/mol. The fourth-order valence-corrected chi connectivity index (χ4v) is 4.05. The average Bonchev–Trinajstić information content (AvgIpc) is 2.81. The summed E-state index contributed by atoms with van der Waals surface area (Å²) in [6.07, 6.45) is 15.0. The lowest BCUT2D eigenvalue weighted by Gasteiger charge is -2.10. The van der Waals surface area contributed by atoms with Gasteiger partial charge in [-0.15, -0.1) is 0 Å². The third kappa shape index (κ3) is 9.60. The fraction of sp³-hybridized carbons (Fsp3) is 0.556. The molecule has 1 aromatic heterocycles. The third-order valence-electron chi connectivity index (χ3n) is 5.76. The third-order valence-corrected chi connectivity index (χ3v) is 6.07. The molecule has 0 unspecified atom stereocenters. The van der Waals surface area contributed by atoms with Gasteiger partial charge in [-0.05, 0) is 31.5 Å². The summed E-state index contributed by atoms with van der Waals surface area (Å²) in [5.74, 6) is 0.539. The van der Waals surface area contributed by atoms with Gasteiger partial charge in [0, 0.05) is 12.1 Å². The lowest BCUT2D eigenvalue weighted by Crippen LogP contribution is -2.39. The number of halogens is 1. The second-order valence-corrected chi connectivity index (χ2v) is 8.74. The minimum atomic E-state index is -0.178. The van der Waals surface area contributed by atoms with Crippen LogP contribution in [0.4, 0.5) is 0 Å². The molecule has 5 heteroatoms. The Kier molecular flexibility index (Phi) is 12.8. The predicted octanol–water partition coefficient (Wildman–Crippen LogP) is 6.88. The molecule has 2 aromatic rings. The number of hydrogen-bond donors (Lipinski definition) is 1. The zero-order valence-corrected chi connectivity index (χ0v) is 20.6. The van der Waals surface area contributed by atoms with Gasteiger partial charge < -0.3 is 10.1 Å². The Hall–Kier alpha value is -2.07. The van der Waals surface area contributed by atoms with Crippen molar-refractivity contribution in [3.05, 3.63) is 58.9 Å². The van der Waals surface area contributed by atoms with E-state index in [2.05, 4.69) is 23.7 Å². The number of aromatic nitrogens is 1. The van der Waals surface area contributed by atoms with Crippen LogP contribution in [0.15, 0.2) is 42.6 Å². The van der Waals surface area contributed by atoms with Crippen LogP contribution in [0, 0.1) is 0 Å². The Morgan fingerprint density at radius 3 is 2.28 bits per heavy atom. The van der Waals surface area contributed by atoms with E-state index in [0.29, 0.717) is 29.5 Å². The first-order chi connectivity index (χ1) is 15.7. The normalized spacial score (nSPS) is 10.8. The number of nitrogens with zero attached hydrogens (tertiary/aromatic N) is 1. The Labute approximate surface area is 199 Å². The van der Waals surface area contributed by atoms with E-state index < -0.39 is 0 Å². The van der Waals surface area contributed by atoms with Crippen LogP contribution in [-0.2, 0) is 13.1 Å². The topological polar surface area (TPSA) is 42.2 Å². The van der Waals surface area contributed by atoms with Gasteiger partial charge in [0.25, 0.3) is 5.91 Å². The van der Waals surface area contributed by atoms with E-state index in [9.17, 15) is 4.79 Å². The number of carbonyl (C=O) groups is 1. The summed E-state index contributed by atoms with van der Waals surface area (Å²) in [7, 11) is 0. The quantitative estimate of drug-likeness (QED) is 0.219. The number of carbonyl (C=O) groups excluding carboxylic acids is 1. The van der Waals surface area contributed by atoms with Gasteiger partial charge in [-0.1, -0.05) is 82.4 Å². The van der Waals surface area contributed by atoms with E-state index in [1.807, 2.05) is 30.5 Å². The zero-order chi connectivity index (χ0) is 23.0. The lowest BCUT2D eigenvalue weighted by atomic mass is 10.1. The molecule has 1 heterocycles. The van der Waals surface area contributed by atoms with Gasteiger partial charge in [-0.25, -0.2) is 4.57 Å². The maximum Gasteiger partial charge on any atom is 0.253 e. The molecule has 176 valence electrons. The van der Waals surface area contributed by atoms with Crippen molar-refractivity contribution in [1.29, 1.82) is 0 Å². The van der Waals surface area contributed by atoms with E-state index in [1.54, 1.807) is 12.1 Å². The number of benzene rings is 1. The number of hydrogen-bond acceptors (Lipinski definition) is 2. The van der Waals surface area contributed by atoms with Gasteiger partial charge >= 0.3 is 0 Å². The van der Waals surface area contributed by atoms with Crippen molar-refractivity contribution >= 4 is 17.5 Å². The molecule has 0 fully saturated rings. The zero-order valence-electron chi connectivity index (χ0n) is 19.9. The maximum atomic E-state index is 12.6. The van der Waals surface area contributed by atoms with Gasteiger partial charge in [-0.3, -0.25) is 4.79 Å². The molecule has 32 heavy (non-hydrogen) atoms. The maximum absolute atomic E-state index is 12.6. The van der Waals surface area contributed by atoms with Crippen LogP contribution in [0.2, 0.25) is 5.02 Å². The largest absolute Gasteiger partial charge is 0.494 e. The Bertz CT molecular complexity index is 810. The Morgan fingerprint density at radius 1 is 0.938 bits per heavy atom. The minimum Gasteiger partial charge on any atom is -0.494 e. The lowest BCUT2D eigenvalue weighted by molar-refractivity contribution is -0.701. The molecule has 0 atom stereocenters. The summed E-state index contributed by atoms with van der Waals surface area (Å²) in [5.41, 5.74) is 1.52. The number of aryl methyl sites for hydroxylation is 1. The summed E-state index contributed by atoms with van der Waals surface area (Å²) in [6, 6.07) is 11.3. The molecule has 0 radical (unpaired) electrons. The van der Waals surface area contributed by atoms with Gasteiger partial charge in [-0.2, -0.15) is 0 Å². The number of unbranched alkanes of at least 4 members (excludes halogenated alkanes) is 9. The Morgan fingerprint density at radius 2 is 1.62 bits per heavy atom. The molecule has 2 rings (SSSR count). The summed E-state index contributed by atoms with van der Waals surface area (Å²) >= 11 is 6.36. The SMILES string of the molecule is CCCCCCCCCCCCOc1ccc(C(=O)NCc2cccc[n+]2CC)c(Cl)c1. The molecule has 0 spiro atoms.